The van der Waals surface area contributed by atoms with E-state index >= 15 is 0 Å². The molecule has 0 N–H and O–H groups in total. The van der Waals surface area contributed by atoms with Crippen LogP contribution in [0, 0.1) is 11.3 Å². The van der Waals surface area contributed by atoms with Gasteiger partial charge < -0.3 is 0 Å². The molecule has 0 radical (unpaired) electrons. The van der Waals surface area contributed by atoms with Crippen LogP contribution in [-0.2, 0) is 16.4 Å². The van der Waals surface area contributed by atoms with Crippen LogP contribution < -0.4 is 0 Å². The Morgan fingerprint density at radius 1 is 1.09 bits per heavy atom. The third-order valence-corrected chi connectivity index (χ3v) is 6.24. The van der Waals surface area contributed by atoms with E-state index in [1.807, 2.05) is 36.4 Å². The zero-order chi connectivity index (χ0) is 16.3. The molecule has 1 heterocycles. The molecule has 1 saturated heterocycles. The van der Waals surface area contributed by atoms with Crippen LogP contribution in [0.5, 0.6) is 0 Å². The highest BCUT2D eigenvalue weighted by molar-refractivity contribution is 7.89. The highest BCUT2D eigenvalue weighted by Gasteiger charge is 2.36. The fourth-order valence-electron chi connectivity index (χ4n) is 3.13. The van der Waals surface area contributed by atoms with E-state index < -0.39 is 10.0 Å². The number of hydrogen-bond acceptors (Lipinski definition) is 3. The van der Waals surface area contributed by atoms with Gasteiger partial charge in [-0.25, -0.2) is 8.42 Å². The van der Waals surface area contributed by atoms with Crippen LogP contribution in [0.25, 0.3) is 0 Å². The zero-order valence-corrected chi connectivity index (χ0v) is 13.5. The Bertz CT molecular complexity index is 826. The average molecular weight is 326 g/mol. The first kappa shape index (κ1) is 15.7. The van der Waals surface area contributed by atoms with Crippen molar-refractivity contribution in [3.05, 3.63) is 65.7 Å². The summed E-state index contributed by atoms with van der Waals surface area (Å²) in [4.78, 5) is 0.113. The van der Waals surface area contributed by atoms with Gasteiger partial charge >= 0.3 is 0 Å². The Labute approximate surface area is 137 Å². The van der Waals surface area contributed by atoms with Crippen molar-refractivity contribution in [1.82, 2.24) is 4.31 Å². The molecule has 1 aliphatic heterocycles. The van der Waals surface area contributed by atoms with E-state index in [0.29, 0.717) is 13.0 Å². The van der Waals surface area contributed by atoms with E-state index in [4.69, 9.17) is 0 Å². The summed E-state index contributed by atoms with van der Waals surface area (Å²) in [5, 5.41) is 9.19. The second kappa shape index (κ2) is 6.53. The Hall–Kier alpha value is -2.16. The van der Waals surface area contributed by atoms with Crippen molar-refractivity contribution in [3.8, 4) is 6.07 Å². The molecule has 1 aliphatic rings. The molecular formula is C18H18N2O2S. The average Bonchev–Trinajstić information content (AvgIpc) is 3.04. The van der Waals surface area contributed by atoms with Gasteiger partial charge in [0.1, 0.15) is 6.07 Å². The van der Waals surface area contributed by atoms with Crippen molar-refractivity contribution in [1.29, 1.82) is 5.26 Å². The van der Waals surface area contributed by atoms with Crippen LogP contribution in [0.1, 0.15) is 24.0 Å². The van der Waals surface area contributed by atoms with Crippen LogP contribution in [0.15, 0.2) is 59.5 Å². The van der Waals surface area contributed by atoms with Gasteiger partial charge in [0.2, 0.25) is 10.0 Å². The number of benzene rings is 2. The summed E-state index contributed by atoms with van der Waals surface area (Å²) in [6.45, 7) is 0.513. The van der Waals surface area contributed by atoms with E-state index in [2.05, 4.69) is 0 Å². The van der Waals surface area contributed by atoms with Crippen molar-refractivity contribution in [3.63, 3.8) is 0 Å². The molecule has 4 nitrogen and oxygen atoms in total. The van der Waals surface area contributed by atoms with Gasteiger partial charge in [0.05, 0.1) is 10.5 Å². The first-order valence-corrected chi connectivity index (χ1v) is 9.12. The van der Waals surface area contributed by atoms with E-state index in [1.54, 1.807) is 22.5 Å². The SMILES string of the molecule is N#Cc1ccccc1S(=O)(=O)N1CCCC1Cc1ccccc1. The smallest absolute Gasteiger partial charge is 0.207 e. The van der Waals surface area contributed by atoms with Gasteiger partial charge in [-0.15, -0.1) is 0 Å². The zero-order valence-electron chi connectivity index (χ0n) is 12.7. The molecule has 23 heavy (non-hydrogen) atoms. The summed E-state index contributed by atoms with van der Waals surface area (Å²) in [6.07, 6.45) is 2.41. The summed E-state index contributed by atoms with van der Waals surface area (Å²) >= 11 is 0. The molecule has 3 rings (SSSR count). The van der Waals surface area contributed by atoms with Gasteiger partial charge in [0, 0.05) is 12.6 Å². The van der Waals surface area contributed by atoms with Crippen molar-refractivity contribution in [2.75, 3.05) is 6.54 Å². The molecule has 1 unspecified atom stereocenters. The Morgan fingerprint density at radius 2 is 1.78 bits per heavy atom. The largest absolute Gasteiger partial charge is 0.244 e. The molecule has 0 bridgehead atoms. The highest BCUT2D eigenvalue weighted by Crippen LogP contribution is 2.29. The lowest BCUT2D eigenvalue weighted by Gasteiger charge is -2.24. The Balaban J connectivity index is 1.91. The monoisotopic (exact) mass is 326 g/mol. The maximum Gasteiger partial charge on any atom is 0.244 e. The second-order valence-electron chi connectivity index (χ2n) is 5.71. The Morgan fingerprint density at radius 3 is 2.52 bits per heavy atom. The van der Waals surface area contributed by atoms with Crippen molar-refractivity contribution >= 4 is 10.0 Å². The summed E-state index contributed by atoms with van der Waals surface area (Å²) < 4.78 is 27.5. The number of sulfonamides is 1. The van der Waals surface area contributed by atoms with E-state index in [0.717, 1.165) is 18.4 Å². The fourth-order valence-corrected chi connectivity index (χ4v) is 4.96. The van der Waals surface area contributed by atoms with Gasteiger partial charge in [-0.05, 0) is 37.0 Å². The second-order valence-corrected chi connectivity index (χ2v) is 7.57. The molecule has 118 valence electrons. The molecule has 0 amide bonds. The normalized spacial score (nSPS) is 18.7. The van der Waals surface area contributed by atoms with E-state index in [-0.39, 0.29) is 16.5 Å². The van der Waals surface area contributed by atoms with Crippen LogP contribution in [0.4, 0.5) is 0 Å². The number of nitrogens with zero attached hydrogens (tertiary/aromatic N) is 2. The third-order valence-electron chi connectivity index (χ3n) is 4.23. The minimum absolute atomic E-state index is 0.0471. The van der Waals surface area contributed by atoms with Crippen LogP contribution >= 0.6 is 0 Å². The molecule has 0 spiro atoms. The first-order chi connectivity index (χ1) is 11.1. The lowest BCUT2D eigenvalue weighted by molar-refractivity contribution is 0.385. The molecule has 1 atom stereocenters. The first-order valence-electron chi connectivity index (χ1n) is 7.68. The van der Waals surface area contributed by atoms with Gasteiger partial charge in [-0.1, -0.05) is 42.5 Å². The molecular weight excluding hydrogens is 308 g/mol. The van der Waals surface area contributed by atoms with E-state index in [9.17, 15) is 13.7 Å². The van der Waals surface area contributed by atoms with Crippen molar-refractivity contribution in [2.45, 2.75) is 30.2 Å². The number of rotatable bonds is 4. The van der Waals surface area contributed by atoms with Crippen LogP contribution in [-0.4, -0.2) is 25.3 Å². The topological polar surface area (TPSA) is 61.2 Å². The summed E-state index contributed by atoms with van der Waals surface area (Å²) in [5.41, 5.74) is 1.34. The molecule has 0 aromatic heterocycles. The molecule has 1 fully saturated rings. The van der Waals surface area contributed by atoms with E-state index in [1.165, 1.54) is 6.07 Å². The Kier molecular flexibility index (Phi) is 4.46. The summed E-state index contributed by atoms with van der Waals surface area (Å²) in [5.74, 6) is 0. The third kappa shape index (κ3) is 3.14. The van der Waals surface area contributed by atoms with Gasteiger partial charge in [0.25, 0.3) is 0 Å². The molecule has 5 heteroatoms. The lowest BCUT2D eigenvalue weighted by Crippen LogP contribution is -2.37. The molecule has 0 saturated carbocycles. The quantitative estimate of drug-likeness (QED) is 0.868. The molecule has 2 aromatic rings. The van der Waals surface area contributed by atoms with Gasteiger partial charge in [-0.3, -0.25) is 0 Å². The predicted octanol–water partition coefficient (Wildman–Crippen LogP) is 2.95. The van der Waals surface area contributed by atoms with Crippen molar-refractivity contribution < 1.29 is 8.42 Å². The summed E-state index contributed by atoms with van der Waals surface area (Å²) in [6, 6.07) is 18.3. The maximum atomic E-state index is 13.0. The van der Waals surface area contributed by atoms with Crippen LogP contribution in [0.2, 0.25) is 0 Å². The number of nitriles is 1. The van der Waals surface area contributed by atoms with Crippen molar-refractivity contribution in [2.24, 2.45) is 0 Å². The number of hydrogen-bond donors (Lipinski definition) is 0. The van der Waals surface area contributed by atoms with Gasteiger partial charge in [0.15, 0.2) is 0 Å². The minimum atomic E-state index is -3.64. The van der Waals surface area contributed by atoms with Crippen LogP contribution in [0.3, 0.4) is 0 Å². The fraction of sp³-hybridized carbons (Fsp3) is 0.278. The maximum absolute atomic E-state index is 13.0. The molecule has 0 aliphatic carbocycles. The summed E-state index contributed by atoms with van der Waals surface area (Å²) in [7, 11) is -3.64. The predicted molar refractivity (Wildman–Crippen MR) is 88.2 cm³/mol. The van der Waals surface area contributed by atoms with Gasteiger partial charge in [-0.2, -0.15) is 9.57 Å². The standard InChI is InChI=1S/C18H18N2O2S/c19-14-16-9-4-5-11-18(16)23(21,22)20-12-6-10-17(20)13-15-7-2-1-3-8-15/h1-5,7-9,11,17H,6,10,12-13H2. The molecule has 2 aromatic carbocycles. The minimum Gasteiger partial charge on any atom is -0.207 e. The highest BCUT2D eigenvalue weighted by atomic mass is 32.2. The lowest BCUT2D eigenvalue weighted by atomic mass is 10.1.